The van der Waals surface area contributed by atoms with Gasteiger partial charge in [0.1, 0.15) is 11.4 Å². The van der Waals surface area contributed by atoms with Crippen LogP contribution in [0.3, 0.4) is 0 Å². The molecule has 3 aromatic rings. The number of rotatable bonds is 15. The Morgan fingerprint density at radius 3 is 1.47 bits per heavy atom. The number of benzene rings is 3. The Hall–Kier alpha value is -6.89. The molecule has 288 valence electrons. The highest BCUT2D eigenvalue weighted by Gasteiger charge is 2.30. The number of anilines is 1. The number of azo groups is 2. The lowest BCUT2D eigenvalue weighted by molar-refractivity contribution is -0.146. The van der Waals surface area contributed by atoms with Gasteiger partial charge in [0.25, 0.3) is 5.91 Å². The number of carbonyl (C=O) groups is 8. The van der Waals surface area contributed by atoms with E-state index in [4.69, 9.17) is 25.8 Å². The maximum atomic E-state index is 13.3. The average molecular weight is 782 g/mol. The fraction of sp³-hybridized carbons (Fsp3) is 0.257. The Balaban J connectivity index is 1.87. The van der Waals surface area contributed by atoms with Gasteiger partial charge in [-0.1, -0.05) is 17.7 Å². The minimum Gasteiger partial charge on any atom is -0.467 e. The van der Waals surface area contributed by atoms with Crippen LogP contribution in [0.1, 0.15) is 47.0 Å². The van der Waals surface area contributed by atoms with Gasteiger partial charge in [0.05, 0.1) is 64.9 Å². The predicted octanol–water partition coefficient (Wildman–Crippen LogP) is 4.19. The predicted molar refractivity (Wildman–Crippen MR) is 188 cm³/mol. The molecule has 0 radical (unpaired) electrons. The zero-order chi connectivity index (χ0) is 40.8. The number of nitrogens with one attached hydrogen (secondary N) is 1. The highest BCUT2D eigenvalue weighted by molar-refractivity contribution is 6.32. The van der Waals surface area contributed by atoms with E-state index in [0.717, 1.165) is 54.8 Å². The van der Waals surface area contributed by atoms with Crippen LogP contribution in [-0.2, 0) is 54.0 Å². The van der Waals surface area contributed by atoms with Crippen LogP contribution in [0.25, 0.3) is 0 Å². The molecule has 0 heterocycles. The zero-order valence-electron chi connectivity index (χ0n) is 29.9. The van der Waals surface area contributed by atoms with E-state index in [1.54, 1.807) is 0 Å². The summed E-state index contributed by atoms with van der Waals surface area (Å²) in [5.41, 5.74) is -0.543. The molecule has 0 aliphatic carbocycles. The van der Waals surface area contributed by atoms with Gasteiger partial charge in [-0.3, -0.25) is 9.59 Å². The van der Waals surface area contributed by atoms with Crippen molar-refractivity contribution in [1.29, 1.82) is 0 Å². The largest absolute Gasteiger partial charge is 0.467 e. The molecule has 3 aromatic carbocycles. The Labute approximate surface area is 316 Å². The zero-order valence-corrected chi connectivity index (χ0v) is 30.7. The number of carbonyl (C=O) groups excluding carboxylic acids is 8. The quantitative estimate of drug-likeness (QED) is 0.0982. The number of esters is 6. The molecule has 2 unspecified atom stereocenters. The number of ketones is 1. The van der Waals surface area contributed by atoms with Crippen molar-refractivity contribution in [2.75, 3.05) is 48.0 Å². The second-order valence-corrected chi connectivity index (χ2v) is 11.1. The first-order valence-corrected chi connectivity index (χ1v) is 15.8. The SMILES string of the molecule is COC(=O)c1ccc(C(=O)OC)c(N=NC(C(=O)Cc2ccc(NC(=O)C(N=Nc3cc(C(=O)OC)ccc3C(=O)OC)C(=O)OC)cc2Cl)C(=O)OC)c1. The fourth-order valence-corrected chi connectivity index (χ4v) is 4.71. The van der Waals surface area contributed by atoms with Crippen molar-refractivity contribution < 1.29 is 66.8 Å². The molecule has 19 nitrogen and oxygen atoms in total. The normalized spacial score (nSPS) is 11.9. The number of methoxy groups -OCH3 is 6. The van der Waals surface area contributed by atoms with E-state index in [1.165, 1.54) is 42.5 Å². The lowest BCUT2D eigenvalue weighted by Gasteiger charge is -2.13. The molecule has 2 atom stereocenters. The molecule has 1 N–H and O–H groups in total. The van der Waals surface area contributed by atoms with Crippen molar-refractivity contribution in [1.82, 2.24) is 0 Å². The number of Topliss-reactive ketones (excluding diaryl/α,β-unsaturated/α-hetero) is 1. The van der Waals surface area contributed by atoms with E-state index >= 15 is 0 Å². The number of hydrogen-bond donors (Lipinski definition) is 1. The van der Waals surface area contributed by atoms with Crippen LogP contribution in [0, 0.1) is 0 Å². The van der Waals surface area contributed by atoms with Crippen molar-refractivity contribution in [3.05, 3.63) is 87.4 Å². The Morgan fingerprint density at radius 1 is 0.582 bits per heavy atom. The summed E-state index contributed by atoms with van der Waals surface area (Å²) < 4.78 is 28.2. The molecule has 3 rings (SSSR count). The first-order valence-electron chi connectivity index (χ1n) is 15.4. The summed E-state index contributed by atoms with van der Waals surface area (Å²) in [6.07, 6.45) is -0.496. The van der Waals surface area contributed by atoms with Gasteiger partial charge in [0.2, 0.25) is 12.1 Å². The number of halogens is 1. The van der Waals surface area contributed by atoms with Gasteiger partial charge in [-0.25, -0.2) is 28.8 Å². The first kappa shape index (κ1) is 42.5. The van der Waals surface area contributed by atoms with E-state index in [0.29, 0.717) is 0 Å². The smallest absolute Gasteiger partial charge is 0.342 e. The van der Waals surface area contributed by atoms with Crippen molar-refractivity contribution in [3.63, 3.8) is 0 Å². The van der Waals surface area contributed by atoms with E-state index < -0.39 is 66.0 Å². The van der Waals surface area contributed by atoms with Crippen LogP contribution >= 0.6 is 11.6 Å². The molecule has 1 amide bonds. The van der Waals surface area contributed by atoms with Gasteiger partial charge in [0.15, 0.2) is 5.78 Å². The van der Waals surface area contributed by atoms with Crippen molar-refractivity contribution in [3.8, 4) is 0 Å². The summed E-state index contributed by atoms with van der Waals surface area (Å²) >= 11 is 6.42. The summed E-state index contributed by atoms with van der Waals surface area (Å²) in [5.74, 6) is -7.35. The number of hydrogen-bond acceptors (Lipinski definition) is 18. The summed E-state index contributed by atoms with van der Waals surface area (Å²) in [5, 5.41) is 17.6. The van der Waals surface area contributed by atoms with Gasteiger partial charge in [-0.05, 0) is 54.1 Å². The van der Waals surface area contributed by atoms with Crippen LogP contribution in [0.15, 0.2) is 75.1 Å². The minimum atomic E-state index is -1.92. The molecule has 55 heavy (non-hydrogen) atoms. The fourth-order valence-electron chi connectivity index (χ4n) is 4.46. The molecule has 0 saturated carbocycles. The van der Waals surface area contributed by atoms with Gasteiger partial charge in [0, 0.05) is 17.1 Å². The second-order valence-electron chi connectivity index (χ2n) is 10.7. The van der Waals surface area contributed by atoms with E-state index in [9.17, 15) is 38.4 Å². The van der Waals surface area contributed by atoms with Gasteiger partial charge < -0.3 is 33.7 Å². The lowest BCUT2D eigenvalue weighted by Crippen LogP contribution is -2.34. The van der Waals surface area contributed by atoms with Crippen LogP contribution in [-0.4, -0.2) is 102 Å². The van der Waals surface area contributed by atoms with Crippen molar-refractivity contribution in [2.24, 2.45) is 20.5 Å². The molecule has 0 fully saturated rings. The van der Waals surface area contributed by atoms with Crippen LogP contribution in [0.5, 0.6) is 0 Å². The van der Waals surface area contributed by atoms with Gasteiger partial charge in [-0.2, -0.15) is 20.5 Å². The van der Waals surface area contributed by atoms with Crippen LogP contribution < -0.4 is 5.32 Å². The Bertz CT molecular complexity index is 2080. The highest BCUT2D eigenvalue weighted by atomic mass is 35.5. The number of nitrogens with zero attached hydrogens (tertiary/aromatic N) is 4. The maximum Gasteiger partial charge on any atom is 0.342 e. The standard InChI is InChI=1S/C35H32ClN5O14/c1-50-30(44)18-8-11-21(32(46)52-3)24(13-18)38-40-27(34(48)54-5)26(42)15-17-7-10-20(16-23(17)36)37-29(43)28(35(49)55-6)41-39-25-14-19(31(45)51-2)9-12-22(25)33(47)53-4/h7-14,16,27-28H,15H2,1-6H3,(H,37,43). The second kappa shape index (κ2) is 19.8. The molecule has 0 aliphatic rings. The average Bonchev–Trinajstić information content (AvgIpc) is 3.20. The third kappa shape index (κ3) is 10.8. The number of ether oxygens (including phenoxy) is 6. The molecular weight excluding hydrogens is 750 g/mol. The van der Waals surface area contributed by atoms with E-state index in [1.807, 2.05) is 0 Å². The topological polar surface area (TPSA) is 253 Å². The minimum absolute atomic E-state index is 0.0110. The molecule has 0 spiro atoms. The number of amides is 1. The monoisotopic (exact) mass is 781 g/mol. The molecule has 0 aliphatic heterocycles. The van der Waals surface area contributed by atoms with Crippen LogP contribution in [0.2, 0.25) is 5.02 Å². The summed E-state index contributed by atoms with van der Waals surface area (Å²) in [6.45, 7) is 0. The summed E-state index contributed by atoms with van der Waals surface area (Å²) in [7, 11) is 6.51. The Morgan fingerprint density at radius 2 is 1.04 bits per heavy atom. The Kier molecular flexibility index (Phi) is 15.3. The van der Waals surface area contributed by atoms with E-state index in [2.05, 4.69) is 40.0 Å². The maximum absolute atomic E-state index is 13.3. The molecule has 0 aromatic heterocycles. The lowest BCUT2D eigenvalue weighted by atomic mass is 10.0. The molecular formula is C35H32ClN5O14. The molecule has 20 heteroatoms. The molecule has 0 bridgehead atoms. The van der Waals surface area contributed by atoms with Gasteiger partial charge in [-0.15, -0.1) is 0 Å². The van der Waals surface area contributed by atoms with Crippen molar-refractivity contribution in [2.45, 2.75) is 18.5 Å². The highest BCUT2D eigenvalue weighted by Crippen LogP contribution is 2.27. The first-order chi connectivity index (χ1) is 26.2. The summed E-state index contributed by atoms with van der Waals surface area (Å²) in [4.78, 5) is 100. The van der Waals surface area contributed by atoms with Crippen molar-refractivity contribution >= 4 is 76.2 Å². The van der Waals surface area contributed by atoms with Gasteiger partial charge >= 0.3 is 35.8 Å². The van der Waals surface area contributed by atoms with Crippen LogP contribution in [0.4, 0.5) is 17.1 Å². The summed E-state index contributed by atoms with van der Waals surface area (Å²) in [6, 6.07) is 7.43. The van der Waals surface area contributed by atoms with E-state index in [-0.39, 0.29) is 49.9 Å². The molecule has 0 saturated heterocycles. The third-order valence-electron chi connectivity index (χ3n) is 7.30. The third-order valence-corrected chi connectivity index (χ3v) is 7.65.